The molecule has 1 aliphatic carbocycles. The van der Waals surface area contributed by atoms with Crippen LogP contribution in [0.25, 0.3) is 0 Å². The van der Waals surface area contributed by atoms with E-state index in [9.17, 15) is 9.59 Å². The van der Waals surface area contributed by atoms with Crippen molar-refractivity contribution in [1.82, 2.24) is 15.5 Å². The van der Waals surface area contributed by atoms with Crippen LogP contribution in [-0.4, -0.2) is 35.3 Å². The fourth-order valence-electron chi connectivity index (χ4n) is 5.26. The lowest BCUT2D eigenvalue weighted by atomic mass is 9.86. The summed E-state index contributed by atoms with van der Waals surface area (Å²) in [6.07, 6.45) is 4.65. The quantitative estimate of drug-likeness (QED) is 0.798. The second-order valence-electron chi connectivity index (χ2n) is 8.49. The Morgan fingerprint density at radius 3 is 2.80 bits per heavy atom. The standard InChI is InChI=1S/C24H27N3O2S/c1-15-7-2-3-9-17(15)23-22-19(14-25-24(22)29)26-18-10-4-5-11-20(18)27(23)21(28)13-16-8-6-12-30-16/h2-3,6-9,12,18,20,23,26H,4-5,10-11,13-14H2,1H3,(H,25,29)/t18-,20-,23-/m1/s1. The minimum Gasteiger partial charge on any atom is -0.382 e. The van der Waals surface area contributed by atoms with Gasteiger partial charge in [0, 0.05) is 16.6 Å². The van der Waals surface area contributed by atoms with Gasteiger partial charge in [0.05, 0.1) is 30.6 Å². The number of rotatable bonds is 3. The first-order chi connectivity index (χ1) is 14.6. The van der Waals surface area contributed by atoms with Crippen molar-refractivity contribution in [1.29, 1.82) is 0 Å². The summed E-state index contributed by atoms with van der Waals surface area (Å²) >= 11 is 1.62. The number of amides is 2. The SMILES string of the molecule is Cc1ccccc1[C@@H]1C2=C(CNC2=O)N[C@@H]2CCCC[C@H]2N1C(=O)Cc1cccs1. The highest BCUT2D eigenvalue weighted by Gasteiger charge is 2.46. The van der Waals surface area contributed by atoms with E-state index in [0.29, 0.717) is 13.0 Å². The van der Waals surface area contributed by atoms with E-state index in [1.54, 1.807) is 11.3 Å². The topological polar surface area (TPSA) is 61.4 Å². The highest BCUT2D eigenvalue weighted by atomic mass is 32.1. The van der Waals surface area contributed by atoms with Gasteiger partial charge in [-0.05, 0) is 42.3 Å². The monoisotopic (exact) mass is 421 g/mol. The van der Waals surface area contributed by atoms with Gasteiger partial charge in [-0.15, -0.1) is 11.3 Å². The maximum atomic E-state index is 13.8. The van der Waals surface area contributed by atoms with Gasteiger partial charge in [0.15, 0.2) is 0 Å². The number of thiophene rings is 1. The minimum absolute atomic E-state index is 0.0571. The Bertz CT molecular complexity index is 998. The number of benzene rings is 1. The molecule has 5 rings (SSSR count). The molecule has 5 nitrogen and oxygen atoms in total. The van der Waals surface area contributed by atoms with Crippen LogP contribution < -0.4 is 10.6 Å². The zero-order chi connectivity index (χ0) is 20.7. The van der Waals surface area contributed by atoms with Crippen molar-refractivity contribution in [3.63, 3.8) is 0 Å². The fraction of sp³-hybridized carbons (Fsp3) is 0.417. The highest BCUT2D eigenvalue weighted by Crippen LogP contribution is 2.41. The first-order valence-electron chi connectivity index (χ1n) is 10.8. The average molecular weight is 422 g/mol. The average Bonchev–Trinajstić information content (AvgIpc) is 3.34. The number of carbonyl (C=O) groups excluding carboxylic acids is 2. The third kappa shape index (κ3) is 3.33. The van der Waals surface area contributed by atoms with Crippen LogP contribution in [0.3, 0.4) is 0 Å². The molecule has 1 fully saturated rings. The molecule has 2 aromatic rings. The van der Waals surface area contributed by atoms with Crippen LogP contribution in [0.2, 0.25) is 0 Å². The second kappa shape index (κ2) is 7.91. The largest absolute Gasteiger partial charge is 0.382 e. The molecule has 1 saturated carbocycles. The molecule has 1 aromatic carbocycles. The summed E-state index contributed by atoms with van der Waals surface area (Å²) < 4.78 is 0. The lowest BCUT2D eigenvalue weighted by Gasteiger charge is -2.43. The van der Waals surface area contributed by atoms with Gasteiger partial charge in [-0.2, -0.15) is 0 Å². The molecule has 1 aromatic heterocycles. The smallest absolute Gasteiger partial charge is 0.251 e. The number of fused-ring (bicyclic) bond motifs is 1. The van der Waals surface area contributed by atoms with Gasteiger partial charge < -0.3 is 15.5 Å². The van der Waals surface area contributed by atoms with Crippen molar-refractivity contribution in [2.45, 2.75) is 57.2 Å². The molecule has 2 N–H and O–H groups in total. The van der Waals surface area contributed by atoms with E-state index in [2.05, 4.69) is 34.6 Å². The van der Waals surface area contributed by atoms with E-state index in [4.69, 9.17) is 0 Å². The summed E-state index contributed by atoms with van der Waals surface area (Å²) in [5.41, 5.74) is 3.85. The van der Waals surface area contributed by atoms with E-state index in [-0.39, 0.29) is 29.9 Å². The Morgan fingerprint density at radius 1 is 1.17 bits per heavy atom. The van der Waals surface area contributed by atoms with Crippen molar-refractivity contribution < 1.29 is 9.59 Å². The van der Waals surface area contributed by atoms with Crippen LogP contribution in [0.15, 0.2) is 53.0 Å². The van der Waals surface area contributed by atoms with E-state index >= 15 is 0 Å². The summed E-state index contributed by atoms with van der Waals surface area (Å²) in [5.74, 6) is 0.0520. The molecule has 0 unspecified atom stereocenters. The molecule has 3 heterocycles. The molecule has 3 atom stereocenters. The predicted octanol–water partition coefficient (Wildman–Crippen LogP) is 3.47. The van der Waals surface area contributed by atoms with Gasteiger partial charge in [-0.25, -0.2) is 0 Å². The molecule has 0 radical (unpaired) electrons. The normalized spacial score (nSPS) is 25.8. The van der Waals surface area contributed by atoms with Crippen LogP contribution in [0.5, 0.6) is 0 Å². The molecular formula is C24H27N3O2S. The number of hydrogen-bond acceptors (Lipinski definition) is 4. The van der Waals surface area contributed by atoms with Gasteiger partial charge in [-0.1, -0.05) is 43.2 Å². The fourth-order valence-corrected chi connectivity index (χ4v) is 5.96. The summed E-state index contributed by atoms with van der Waals surface area (Å²) in [6.45, 7) is 2.59. The Balaban J connectivity index is 1.65. The molecule has 2 amide bonds. The molecule has 0 saturated heterocycles. The van der Waals surface area contributed by atoms with Gasteiger partial charge in [0.2, 0.25) is 5.91 Å². The molecule has 0 bridgehead atoms. The molecule has 3 aliphatic rings. The minimum atomic E-state index is -0.350. The van der Waals surface area contributed by atoms with Crippen LogP contribution in [0.1, 0.15) is 47.7 Å². The van der Waals surface area contributed by atoms with E-state index in [1.807, 2.05) is 29.6 Å². The van der Waals surface area contributed by atoms with Gasteiger partial charge >= 0.3 is 0 Å². The zero-order valence-corrected chi connectivity index (χ0v) is 18.0. The highest BCUT2D eigenvalue weighted by molar-refractivity contribution is 7.10. The van der Waals surface area contributed by atoms with Crippen LogP contribution in [-0.2, 0) is 16.0 Å². The number of aryl methyl sites for hydroxylation is 1. The maximum absolute atomic E-state index is 13.8. The molecular weight excluding hydrogens is 394 g/mol. The van der Waals surface area contributed by atoms with Crippen molar-refractivity contribution in [2.24, 2.45) is 0 Å². The second-order valence-corrected chi connectivity index (χ2v) is 9.53. The first kappa shape index (κ1) is 19.4. The van der Waals surface area contributed by atoms with Crippen LogP contribution >= 0.6 is 11.3 Å². The van der Waals surface area contributed by atoms with E-state index in [1.165, 1.54) is 0 Å². The number of carbonyl (C=O) groups is 2. The van der Waals surface area contributed by atoms with Gasteiger partial charge in [0.1, 0.15) is 0 Å². The molecule has 30 heavy (non-hydrogen) atoms. The zero-order valence-electron chi connectivity index (χ0n) is 17.2. The third-order valence-electron chi connectivity index (χ3n) is 6.67. The Morgan fingerprint density at radius 2 is 2.00 bits per heavy atom. The predicted molar refractivity (Wildman–Crippen MR) is 118 cm³/mol. The lowest BCUT2D eigenvalue weighted by Crippen LogP contribution is -2.54. The number of nitrogens with one attached hydrogen (secondary N) is 2. The maximum Gasteiger partial charge on any atom is 0.251 e. The van der Waals surface area contributed by atoms with Gasteiger partial charge in [-0.3, -0.25) is 9.59 Å². The Hall–Kier alpha value is -2.60. The lowest BCUT2D eigenvalue weighted by molar-refractivity contribution is -0.136. The number of hydrogen-bond donors (Lipinski definition) is 2. The Kier molecular flexibility index (Phi) is 5.11. The van der Waals surface area contributed by atoms with Gasteiger partial charge in [0.25, 0.3) is 5.91 Å². The van der Waals surface area contributed by atoms with Crippen molar-refractivity contribution in [3.05, 3.63) is 69.1 Å². The molecule has 0 spiro atoms. The molecule has 156 valence electrons. The Labute approximate surface area is 181 Å². The first-order valence-corrected chi connectivity index (χ1v) is 11.7. The summed E-state index contributed by atoms with van der Waals surface area (Å²) in [7, 11) is 0. The number of nitrogens with zero attached hydrogens (tertiary/aromatic N) is 1. The van der Waals surface area contributed by atoms with Crippen molar-refractivity contribution >= 4 is 23.2 Å². The van der Waals surface area contributed by atoms with Crippen LogP contribution in [0, 0.1) is 6.92 Å². The van der Waals surface area contributed by atoms with E-state index < -0.39 is 0 Å². The van der Waals surface area contributed by atoms with Crippen LogP contribution in [0.4, 0.5) is 0 Å². The van der Waals surface area contributed by atoms with E-state index in [0.717, 1.165) is 53.0 Å². The molecule has 6 heteroatoms. The summed E-state index contributed by atoms with van der Waals surface area (Å²) in [5, 5.41) is 8.69. The van der Waals surface area contributed by atoms with Crippen molar-refractivity contribution in [3.8, 4) is 0 Å². The van der Waals surface area contributed by atoms with Crippen molar-refractivity contribution in [2.75, 3.05) is 6.54 Å². The summed E-state index contributed by atoms with van der Waals surface area (Å²) in [4.78, 5) is 29.9. The molecule has 2 aliphatic heterocycles. The third-order valence-corrected chi connectivity index (χ3v) is 7.55. The summed E-state index contributed by atoms with van der Waals surface area (Å²) in [6, 6.07) is 12.1.